The monoisotopic (exact) mass is 170 g/mol. The predicted molar refractivity (Wildman–Crippen MR) is 52.0 cm³/mol. The van der Waals surface area contributed by atoms with Crippen molar-refractivity contribution in [3.8, 4) is 0 Å². The van der Waals surface area contributed by atoms with Crippen molar-refractivity contribution in [1.82, 2.24) is 0 Å². The van der Waals surface area contributed by atoms with Gasteiger partial charge in [0.05, 0.1) is 5.60 Å². The Hall–Kier alpha value is -0.0400. The largest absolute Gasteiger partial charge is 0.389 e. The van der Waals surface area contributed by atoms with Gasteiger partial charge in [0, 0.05) is 0 Å². The summed E-state index contributed by atoms with van der Waals surface area (Å²) in [7, 11) is 0. The maximum atomic E-state index is 10.4. The fraction of sp³-hybridized carbons (Fsp3) is 1.00. The van der Waals surface area contributed by atoms with Crippen molar-refractivity contribution in [2.24, 2.45) is 11.8 Å². The molecule has 1 aliphatic rings. The molecular formula is C11H22O. The zero-order valence-electron chi connectivity index (χ0n) is 8.64. The predicted octanol–water partition coefficient (Wildman–Crippen LogP) is 2.97. The Labute approximate surface area is 76.2 Å². The number of hydrogen-bond acceptors (Lipinski definition) is 1. The van der Waals surface area contributed by atoms with Gasteiger partial charge in [0.2, 0.25) is 0 Å². The summed E-state index contributed by atoms with van der Waals surface area (Å²) in [6.07, 6.45) is 6.03. The molecule has 0 aromatic carbocycles. The average molecular weight is 170 g/mol. The second-order valence-corrected chi connectivity index (χ2v) is 4.48. The molecule has 0 amide bonds. The molecule has 1 heteroatoms. The second-order valence-electron chi connectivity index (χ2n) is 4.48. The zero-order valence-corrected chi connectivity index (χ0v) is 8.64. The first-order valence-corrected chi connectivity index (χ1v) is 5.33. The SMILES string of the molecule is CCC(O)(C(C)C)C1CCCC1. The molecule has 12 heavy (non-hydrogen) atoms. The highest BCUT2D eigenvalue weighted by Crippen LogP contribution is 2.40. The van der Waals surface area contributed by atoms with Crippen molar-refractivity contribution in [2.75, 3.05) is 0 Å². The van der Waals surface area contributed by atoms with E-state index in [1.54, 1.807) is 0 Å². The molecule has 1 aliphatic carbocycles. The first kappa shape index (κ1) is 10.0. The maximum absolute atomic E-state index is 10.4. The van der Waals surface area contributed by atoms with Crippen LogP contribution in [0.15, 0.2) is 0 Å². The van der Waals surface area contributed by atoms with Crippen molar-refractivity contribution in [1.29, 1.82) is 0 Å². The quantitative estimate of drug-likeness (QED) is 0.690. The van der Waals surface area contributed by atoms with Crippen LogP contribution in [0.5, 0.6) is 0 Å². The summed E-state index contributed by atoms with van der Waals surface area (Å²) in [5.41, 5.74) is -0.378. The van der Waals surface area contributed by atoms with Gasteiger partial charge in [-0.2, -0.15) is 0 Å². The molecule has 0 aromatic rings. The lowest BCUT2D eigenvalue weighted by Crippen LogP contribution is -2.41. The molecule has 1 N–H and O–H groups in total. The van der Waals surface area contributed by atoms with Crippen LogP contribution in [-0.2, 0) is 0 Å². The Balaban J connectivity index is 2.64. The summed E-state index contributed by atoms with van der Waals surface area (Å²) in [4.78, 5) is 0. The van der Waals surface area contributed by atoms with Crippen molar-refractivity contribution in [3.63, 3.8) is 0 Å². The van der Waals surface area contributed by atoms with Crippen LogP contribution in [-0.4, -0.2) is 10.7 Å². The zero-order chi connectivity index (χ0) is 9.19. The van der Waals surface area contributed by atoms with Gasteiger partial charge in [-0.3, -0.25) is 0 Å². The number of rotatable bonds is 3. The summed E-state index contributed by atoms with van der Waals surface area (Å²) < 4.78 is 0. The van der Waals surface area contributed by atoms with E-state index >= 15 is 0 Å². The molecule has 1 saturated carbocycles. The Kier molecular flexibility index (Phi) is 3.16. The number of hydrogen-bond donors (Lipinski definition) is 1. The molecule has 0 aliphatic heterocycles. The fourth-order valence-electron chi connectivity index (χ4n) is 2.59. The molecule has 0 heterocycles. The summed E-state index contributed by atoms with van der Waals surface area (Å²) in [5.74, 6) is 0.980. The minimum absolute atomic E-state index is 0.378. The van der Waals surface area contributed by atoms with Crippen molar-refractivity contribution in [3.05, 3.63) is 0 Å². The van der Waals surface area contributed by atoms with Gasteiger partial charge in [-0.1, -0.05) is 33.6 Å². The first-order valence-electron chi connectivity index (χ1n) is 5.33. The molecule has 1 rings (SSSR count). The molecule has 0 spiro atoms. The van der Waals surface area contributed by atoms with Gasteiger partial charge in [0.25, 0.3) is 0 Å². The third kappa shape index (κ3) is 1.66. The third-order valence-corrected chi connectivity index (χ3v) is 3.63. The van der Waals surface area contributed by atoms with E-state index in [9.17, 15) is 5.11 Å². The number of aliphatic hydroxyl groups is 1. The van der Waals surface area contributed by atoms with Crippen molar-refractivity contribution in [2.45, 2.75) is 58.5 Å². The lowest BCUT2D eigenvalue weighted by molar-refractivity contribution is -0.0597. The minimum atomic E-state index is -0.378. The molecule has 0 aromatic heterocycles. The summed E-state index contributed by atoms with van der Waals surface area (Å²) in [5, 5.41) is 10.4. The smallest absolute Gasteiger partial charge is 0.0695 e. The lowest BCUT2D eigenvalue weighted by Gasteiger charge is -2.37. The standard InChI is InChI=1S/C11H22O/c1-4-11(12,9(2)3)10-7-5-6-8-10/h9-10,12H,4-8H2,1-3H3. The van der Waals surface area contributed by atoms with Crippen LogP contribution in [0.2, 0.25) is 0 Å². The van der Waals surface area contributed by atoms with E-state index in [-0.39, 0.29) is 5.60 Å². The van der Waals surface area contributed by atoms with Crippen LogP contribution >= 0.6 is 0 Å². The summed E-state index contributed by atoms with van der Waals surface area (Å²) in [6, 6.07) is 0. The van der Waals surface area contributed by atoms with Gasteiger partial charge in [-0.05, 0) is 31.1 Å². The molecule has 1 atom stereocenters. The third-order valence-electron chi connectivity index (χ3n) is 3.63. The molecule has 1 unspecified atom stereocenters. The normalized spacial score (nSPS) is 24.8. The maximum Gasteiger partial charge on any atom is 0.0695 e. The van der Waals surface area contributed by atoms with Gasteiger partial charge in [-0.25, -0.2) is 0 Å². The first-order chi connectivity index (χ1) is 5.61. The highest BCUT2D eigenvalue weighted by atomic mass is 16.3. The molecular weight excluding hydrogens is 148 g/mol. The van der Waals surface area contributed by atoms with E-state index < -0.39 is 0 Å². The average Bonchev–Trinajstić information content (AvgIpc) is 2.54. The van der Waals surface area contributed by atoms with Crippen LogP contribution in [0.25, 0.3) is 0 Å². The van der Waals surface area contributed by atoms with E-state index in [2.05, 4.69) is 20.8 Å². The molecule has 0 radical (unpaired) electrons. The molecule has 0 bridgehead atoms. The topological polar surface area (TPSA) is 20.2 Å². The van der Waals surface area contributed by atoms with Gasteiger partial charge in [0.15, 0.2) is 0 Å². The highest BCUT2D eigenvalue weighted by molar-refractivity contribution is 4.90. The molecule has 0 saturated heterocycles. The van der Waals surface area contributed by atoms with Crippen LogP contribution in [0.3, 0.4) is 0 Å². The molecule has 72 valence electrons. The summed E-state index contributed by atoms with van der Waals surface area (Å²) in [6.45, 7) is 6.39. The fourth-order valence-corrected chi connectivity index (χ4v) is 2.59. The minimum Gasteiger partial charge on any atom is -0.389 e. The van der Waals surface area contributed by atoms with Gasteiger partial charge < -0.3 is 5.11 Å². The van der Waals surface area contributed by atoms with Crippen LogP contribution in [0, 0.1) is 11.8 Å². The van der Waals surface area contributed by atoms with E-state index in [1.165, 1.54) is 25.7 Å². The highest BCUT2D eigenvalue weighted by Gasteiger charge is 2.38. The Morgan fingerprint density at radius 2 is 1.83 bits per heavy atom. The van der Waals surface area contributed by atoms with Crippen molar-refractivity contribution >= 4 is 0 Å². The second kappa shape index (κ2) is 3.78. The Morgan fingerprint density at radius 1 is 1.33 bits per heavy atom. The Bertz CT molecular complexity index is 136. The molecule has 1 nitrogen and oxygen atoms in total. The Morgan fingerprint density at radius 3 is 2.17 bits per heavy atom. The van der Waals surface area contributed by atoms with Gasteiger partial charge in [0.1, 0.15) is 0 Å². The van der Waals surface area contributed by atoms with Crippen molar-refractivity contribution < 1.29 is 5.11 Å². The van der Waals surface area contributed by atoms with Crippen LogP contribution in [0.1, 0.15) is 52.9 Å². The summed E-state index contributed by atoms with van der Waals surface area (Å²) >= 11 is 0. The van der Waals surface area contributed by atoms with Gasteiger partial charge >= 0.3 is 0 Å². The van der Waals surface area contributed by atoms with Gasteiger partial charge in [-0.15, -0.1) is 0 Å². The van der Waals surface area contributed by atoms with E-state index in [0.717, 1.165) is 6.42 Å². The van der Waals surface area contributed by atoms with E-state index in [4.69, 9.17) is 0 Å². The lowest BCUT2D eigenvalue weighted by atomic mass is 9.76. The van der Waals surface area contributed by atoms with Crippen LogP contribution in [0.4, 0.5) is 0 Å². The molecule has 1 fully saturated rings. The van der Waals surface area contributed by atoms with Crippen LogP contribution < -0.4 is 0 Å². The van der Waals surface area contributed by atoms with E-state index in [1.807, 2.05) is 0 Å². The van der Waals surface area contributed by atoms with E-state index in [0.29, 0.717) is 11.8 Å².